The fraction of sp³-hybridized carbons (Fsp3) is 0.321. The first kappa shape index (κ1) is 23.9. The monoisotopic (exact) mass is 484 g/mol. The van der Waals surface area contributed by atoms with Crippen molar-refractivity contribution in [3.05, 3.63) is 78.3 Å². The molecule has 5 rings (SSSR count). The third-order valence-electron chi connectivity index (χ3n) is 6.66. The van der Waals surface area contributed by atoms with Gasteiger partial charge < -0.3 is 10.2 Å². The van der Waals surface area contributed by atoms with Crippen LogP contribution in [0.3, 0.4) is 0 Å². The van der Waals surface area contributed by atoms with Crippen molar-refractivity contribution in [3.8, 4) is 11.3 Å². The topological polar surface area (TPSA) is 83.9 Å². The second-order valence-corrected chi connectivity index (χ2v) is 9.50. The van der Waals surface area contributed by atoms with Crippen LogP contribution < -0.4 is 5.32 Å². The van der Waals surface area contributed by atoms with Gasteiger partial charge >= 0.3 is 0 Å². The first-order valence-corrected chi connectivity index (χ1v) is 12.3. The summed E-state index contributed by atoms with van der Waals surface area (Å²) in [6.45, 7) is 6.64. The molecule has 2 aromatic carbocycles. The van der Waals surface area contributed by atoms with Crippen LogP contribution in [0.2, 0.25) is 0 Å². The maximum Gasteiger partial charge on any atom is 0.170 e. The molecular formula is C28H29FN6O. The number of likely N-dealkylation sites (tertiary alicyclic amines) is 1. The average molecular weight is 485 g/mol. The lowest BCUT2D eigenvalue weighted by Gasteiger charge is -2.35. The third-order valence-corrected chi connectivity index (χ3v) is 6.66. The van der Waals surface area contributed by atoms with Crippen molar-refractivity contribution in [2.24, 2.45) is 0 Å². The zero-order chi connectivity index (χ0) is 25.1. The molecule has 1 aliphatic rings. The van der Waals surface area contributed by atoms with Crippen LogP contribution in [-0.2, 0) is 6.42 Å². The molecule has 8 heteroatoms. The Morgan fingerprint density at radius 1 is 1.06 bits per heavy atom. The van der Waals surface area contributed by atoms with Crippen LogP contribution >= 0.6 is 0 Å². The van der Waals surface area contributed by atoms with Crippen molar-refractivity contribution >= 4 is 22.5 Å². The van der Waals surface area contributed by atoms with Gasteiger partial charge in [-0.15, -0.1) is 0 Å². The van der Waals surface area contributed by atoms with Gasteiger partial charge in [0.1, 0.15) is 17.5 Å². The standard InChI is InChI=1S/C28H29FN6O/c1-18(2)35-11-9-23(10-12-35)32-28-17-30-16-25(34-28)20-3-4-21-15-31-27(33-24(21)13-20)14-26(36)19-5-7-22(29)8-6-19/h3-8,13,15-18,23H,9-12,14H2,1-2H3,(H,32,34). The van der Waals surface area contributed by atoms with Gasteiger partial charge in [0.25, 0.3) is 0 Å². The van der Waals surface area contributed by atoms with Gasteiger partial charge in [0.2, 0.25) is 0 Å². The first-order valence-electron chi connectivity index (χ1n) is 12.3. The van der Waals surface area contributed by atoms with E-state index in [1.165, 1.54) is 24.3 Å². The van der Waals surface area contributed by atoms with Gasteiger partial charge in [-0.25, -0.2) is 19.3 Å². The molecule has 0 atom stereocenters. The molecule has 4 aromatic rings. The van der Waals surface area contributed by atoms with E-state index in [0.29, 0.717) is 23.5 Å². The number of ketones is 1. The minimum Gasteiger partial charge on any atom is -0.366 e. The zero-order valence-corrected chi connectivity index (χ0v) is 20.5. The van der Waals surface area contributed by atoms with Gasteiger partial charge in [-0.2, -0.15) is 0 Å². The Morgan fingerprint density at radius 2 is 1.83 bits per heavy atom. The predicted octanol–water partition coefficient (Wildman–Crippen LogP) is 4.94. The highest BCUT2D eigenvalue weighted by Gasteiger charge is 2.21. The summed E-state index contributed by atoms with van der Waals surface area (Å²) in [5.41, 5.74) is 2.81. The smallest absolute Gasteiger partial charge is 0.170 e. The molecular weight excluding hydrogens is 455 g/mol. The second kappa shape index (κ2) is 10.5. The van der Waals surface area contributed by atoms with Crippen molar-refractivity contribution in [2.75, 3.05) is 18.4 Å². The molecule has 0 spiro atoms. The number of anilines is 1. The molecule has 7 nitrogen and oxygen atoms in total. The summed E-state index contributed by atoms with van der Waals surface area (Å²) in [5, 5.41) is 4.42. The zero-order valence-electron chi connectivity index (χ0n) is 20.5. The van der Waals surface area contributed by atoms with Crippen molar-refractivity contribution in [3.63, 3.8) is 0 Å². The molecule has 2 aromatic heterocycles. The molecule has 1 aliphatic heterocycles. The molecule has 0 saturated carbocycles. The number of aromatic nitrogens is 4. The normalized spacial score (nSPS) is 14.9. The lowest BCUT2D eigenvalue weighted by Crippen LogP contribution is -2.42. The molecule has 1 fully saturated rings. The minimum absolute atomic E-state index is 0.0423. The van der Waals surface area contributed by atoms with Gasteiger partial charge in [-0.3, -0.25) is 9.78 Å². The van der Waals surface area contributed by atoms with Crippen LogP contribution in [0.5, 0.6) is 0 Å². The van der Waals surface area contributed by atoms with Gasteiger partial charge in [-0.05, 0) is 57.0 Å². The van der Waals surface area contributed by atoms with Crippen LogP contribution in [0.4, 0.5) is 10.2 Å². The third kappa shape index (κ3) is 5.54. The van der Waals surface area contributed by atoms with E-state index in [2.05, 4.69) is 39.0 Å². The van der Waals surface area contributed by atoms with E-state index in [4.69, 9.17) is 4.98 Å². The molecule has 0 amide bonds. The van der Waals surface area contributed by atoms with Crippen molar-refractivity contribution < 1.29 is 9.18 Å². The van der Waals surface area contributed by atoms with Gasteiger partial charge in [0.05, 0.1) is 30.0 Å². The second-order valence-electron chi connectivity index (χ2n) is 9.50. The Balaban J connectivity index is 1.31. The number of carbonyl (C=O) groups is 1. The van der Waals surface area contributed by atoms with Gasteiger partial charge in [0, 0.05) is 47.9 Å². The molecule has 1 saturated heterocycles. The molecule has 0 aliphatic carbocycles. The number of rotatable bonds is 7. The summed E-state index contributed by atoms with van der Waals surface area (Å²) >= 11 is 0. The average Bonchev–Trinajstić information content (AvgIpc) is 2.89. The fourth-order valence-electron chi connectivity index (χ4n) is 4.53. The Hall–Kier alpha value is -3.78. The highest BCUT2D eigenvalue weighted by molar-refractivity contribution is 5.97. The number of Topliss-reactive ketones (excluding diaryl/α,β-unsaturated/α-hetero) is 1. The Morgan fingerprint density at radius 3 is 2.58 bits per heavy atom. The highest BCUT2D eigenvalue weighted by Crippen LogP contribution is 2.24. The molecule has 3 heterocycles. The maximum atomic E-state index is 13.2. The maximum absolute atomic E-state index is 13.2. The van der Waals surface area contributed by atoms with E-state index in [9.17, 15) is 9.18 Å². The highest BCUT2D eigenvalue weighted by atomic mass is 19.1. The van der Waals surface area contributed by atoms with Crippen molar-refractivity contribution in [2.45, 2.75) is 45.2 Å². The van der Waals surface area contributed by atoms with E-state index < -0.39 is 0 Å². The Bertz CT molecular complexity index is 1370. The number of piperidine rings is 1. The quantitative estimate of drug-likeness (QED) is 0.372. The van der Waals surface area contributed by atoms with E-state index in [-0.39, 0.29) is 18.0 Å². The number of hydrogen-bond acceptors (Lipinski definition) is 7. The van der Waals surface area contributed by atoms with E-state index >= 15 is 0 Å². The molecule has 184 valence electrons. The summed E-state index contributed by atoms with van der Waals surface area (Å²) in [4.78, 5) is 33.2. The molecule has 0 radical (unpaired) electrons. The van der Waals surface area contributed by atoms with Gasteiger partial charge in [0.15, 0.2) is 5.78 Å². The summed E-state index contributed by atoms with van der Waals surface area (Å²) in [5.74, 6) is 0.654. The van der Waals surface area contributed by atoms with Crippen LogP contribution in [0.15, 0.2) is 61.1 Å². The number of benzene rings is 2. The van der Waals surface area contributed by atoms with Crippen LogP contribution in [0.25, 0.3) is 22.2 Å². The lowest BCUT2D eigenvalue weighted by molar-refractivity contribution is 0.0991. The number of nitrogens with zero attached hydrogens (tertiary/aromatic N) is 5. The molecule has 36 heavy (non-hydrogen) atoms. The predicted molar refractivity (Wildman–Crippen MR) is 138 cm³/mol. The van der Waals surface area contributed by atoms with E-state index in [1.807, 2.05) is 18.2 Å². The Labute approximate surface area is 209 Å². The molecule has 0 bridgehead atoms. The van der Waals surface area contributed by atoms with Crippen LogP contribution in [0.1, 0.15) is 42.9 Å². The van der Waals surface area contributed by atoms with E-state index in [0.717, 1.165) is 53.9 Å². The minimum atomic E-state index is -0.375. The SMILES string of the molecule is CC(C)N1CCC(Nc2cncc(-c3ccc4cnc(CC(=O)c5ccc(F)cc5)nc4c3)n2)CC1. The molecule has 1 N–H and O–H groups in total. The van der Waals surface area contributed by atoms with Gasteiger partial charge in [-0.1, -0.05) is 12.1 Å². The van der Waals surface area contributed by atoms with Crippen molar-refractivity contribution in [1.29, 1.82) is 0 Å². The summed E-state index contributed by atoms with van der Waals surface area (Å²) in [6.07, 6.45) is 7.43. The van der Waals surface area contributed by atoms with Crippen molar-refractivity contribution in [1.82, 2.24) is 24.8 Å². The summed E-state index contributed by atoms with van der Waals surface area (Å²) in [6, 6.07) is 12.3. The number of hydrogen-bond donors (Lipinski definition) is 1. The summed E-state index contributed by atoms with van der Waals surface area (Å²) in [7, 11) is 0. The molecule has 0 unspecified atom stereocenters. The first-order chi connectivity index (χ1) is 17.4. The van der Waals surface area contributed by atoms with Crippen LogP contribution in [-0.4, -0.2) is 55.8 Å². The number of fused-ring (bicyclic) bond motifs is 1. The lowest BCUT2D eigenvalue weighted by atomic mass is 10.0. The largest absolute Gasteiger partial charge is 0.366 e. The number of nitrogens with one attached hydrogen (secondary N) is 1. The fourth-order valence-corrected chi connectivity index (χ4v) is 4.53. The van der Waals surface area contributed by atoms with Crippen LogP contribution in [0, 0.1) is 5.82 Å². The Kier molecular flexibility index (Phi) is 6.95. The van der Waals surface area contributed by atoms with E-state index in [1.54, 1.807) is 18.6 Å². The summed E-state index contributed by atoms with van der Waals surface area (Å²) < 4.78 is 13.2. The number of halogens is 1. The number of carbonyl (C=O) groups excluding carboxylic acids is 1.